The summed E-state index contributed by atoms with van der Waals surface area (Å²) in [6.45, 7) is 1.08. The van der Waals surface area contributed by atoms with Crippen LogP contribution in [-0.4, -0.2) is 35.5 Å². The lowest BCUT2D eigenvalue weighted by Crippen LogP contribution is -2.36. The van der Waals surface area contributed by atoms with Gasteiger partial charge in [-0.3, -0.25) is 14.9 Å². The summed E-state index contributed by atoms with van der Waals surface area (Å²) in [6.07, 6.45) is 3.22. The quantitative estimate of drug-likeness (QED) is 0.297. The molecular formula is C22H24F2N2O5. The molecular weight excluding hydrogens is 410 g/mol. The molecule has 166 valence electrons. The van der Waals surface area contributed by atoms with Gasteiger partial charge in [-0.2, -0.15) is 8.78 Å². The van der Waals surface area contributed by atoms with E-state index in [0.717, 1.165) is 18.1 Å². The Labute approximate surface area is 179 Å². The van der Waals surface area contributed by atoms with Gasteiger partial charge in [-0.1, -0.05) is 37.3 Å². The minimum Gasteiger partial charge on any atom is -0.493 e. The number of nitro groups is 1. The van der Waals surface area contributed by atoms with Crippen molar-refractivity contribution in [3.63, 3.8) is 0 Å². The van der Waals surface area contributed by atoms with Crippen LogP contribution in [0.2, 0.25) is 0 Å². The van der Waals surface area contributed by atoms with E-state index in [1.807, 2.05) is 44.2 Å². The minimum absolute atomic E-state index is 0.0284. The molecule has 2 aromatic rings. The van der Waals surface area contributed by atoms with E-state index < -0.39 is 23.0 Å². The fourth-order valence-corrected chi connectivity index (χ4v) is 2.91. The van der Waals surface area contributed by atoms with Crippen LogP contribution in [0.25, 0.3) is 6.08 Å². The van der Waals surface area contributed by atoms with Crippen molar-refractivity contribution in [2.24, 2.45) is 0 Å². The third kappa shape index (κ3) is 6.50. The van der Waals surface area contributed by atoms with E-state index in [1.54, 1.807) is 4.90 Å². The number of halogens is 2. The monoisotopic (exact) mass is 434 g/mol. The molecule has 0 aliphatic rings. The average Bonchev–Trinajstić information content (AvgIpc) is 2.75. The van der Waals surface area contributed by atoms with Gasteiger partial charge in [-0.15, -0.1) is 0 Å². The third-order valence-electron chi connectivity index (χ3n) is 4.73. The highest BCUT2D eigenvalue weighted by Gasteiger charge is 2.22. The van der Waals surface area contributed by atoms with Crippen LogP contribution in [-0.2, 0) is 11.3 Å². The van der Waals surface area contributed by atoms with E-state index >= 15 is 0 Å². The molecule has 1 unspecified atom stereocenters. The number of ether oxygens (including phenoxy) is 2. The molecule has 7 nitrogen and oxygen atoms in total. The Kier molecular flexibility index (Phi) is 8.48. The maximum atomic E-state index is 12.9. The van der Waals surface area contributed by atoms with Crippen LogP contribution in [0.1, 0.15) is 31.4 Å². The lowest BCUT2D eigenvalue weighted by molar-refractivity contribution is -0.385. The van der Waals surface area contributed by atoms with E-state index in [4.69, 9.17) is 4.74 Å². The normalized spacial score (nSPS) is 12.1. The van der Waals surface area contributed by atoms with Crippen molar-refractivity contribution in [1.82, 2.24) is 4.90 Å². The molecule has 2 rings (SSSR count). The number of carbonyl (C=O) groups excluding carboxylic acids is 1. The smallest absolute Gasteiger partial charge is 0.387 e. The van der Waals surface area contributed by atoms with Crippen LogP contribution in [0.3, 0.4) is 0 Å². The Bertz CT molecular complexity index is 935. The summed E-state index contributed by atoms with van der Waals surface area (Å²) in [7, 11) is 1.22. The van der Waals surface area contributed by atoms with E-state index in [-0.39, 0.29) is 23.3 Å². The summed E-state index contributed by atoms with van der Waals surface area (Å²) >= 11 is 0. The number of alkyl halides is 2. The Hall–Kier alpha value is -3.49. The molecule has 0 spiro atoms. The SMILES string of the molecule is CCC(C)N(Cc1ccccc1)C(=O)/C=C/c1cc(OC)c(OC(F)F)cc1[N+](=O)[O-]. The van der Waals surface area contributed by atoms with Crippen LogP contribution < -0.4 is 9.47 Å². The molecule has 0 fully saturated rings. The number of methoxy groups -OCH3 is 1. The van der Waals surface area contributed by atoms with Gasteiger partial charge in [0, 0.05) is 18.7 Å². The van der Waals surface area contributed by atoms with Crippen molar-refractivity contribution < 1.29 is 28.0 Å². The van der Waals surface area contributed by atoms with Gasteiger partial charge in [-0.05, 0) is 31.1 Å². The second-order valence-corrected chi connectivity index (χ2v) is 6.74. The first-order chi connectivity index (χ1) is 14.8. The topological polar surface area (TPSA) is 81.9 Å². The Morgan fingerprint density at radius 3 is 2.45 bits per heavy atom. The van der Waals surface area contributed by atoms with Gasteiger partial charge in [0.15, 0.2) is 11.5 Å². The number of amides is 1. The van der Waals surface area contributed by atoms with Crippen molar-refractivity contribution in [1.29, 1.82) is 0 Å². The number of benzene rings is 2. The number of hydrogen-bond donors (Lipinski definition) is 0. The van der Waals surface area contributed by atoms with E-state index in [9.17, 15) is 23.7 Å². The number of hydrogen-bond acceptors (Lipinski definition) is 5. The predicted molar refractivity (Wildman–Crippen MR) is 112 cm³/mol. The van der Waals surface area contributed by atoms with Gasteiger partial charge in [0.1, 0.15) is 0 Å². The number of nitro benzene ring substituents is 1. The molecule has 0 bridgehead atoms. The van der Waals surface area contributed by atoms with Crippen molar-refractivity contribution in [2.75, 3.05) is 7.11 Å². The van der Waals surface area contributed by atoms with Crippen LogP contribution >= 0.6 is 0 Å². The fourth-order valence-electron chi connectivity index (χ4n) is 2.91. The highest BCUT2D eigenvalue weighted by molar-refractivity contribution is 5.92. The molecule has 0 aromatic heterocycles. The van der Waals surface area contributed by atoms with E-state index in [1.165, 1.54) is 25.3 Å². The van der Waals surface area contributed by atoms with Crippen molar-refractivity contribution in [3.05, 3.63) is 69.8 Å². The molecule has 1 amide bonds. The summed E-state index contributed by atoms with van der Waals surface area (Å²) in [5.41, 5.74) is 0.491. The summed E-state index contributed by atoms with van der Waals surface area (Å²) in [5.74, 6) is -0.904. The number of rotatable bonds is 10. The lowest BCUT2D eigenvalue weighted by atomic mass is 10.1. The molecule has 0 radical (unpaired) electrons. The summed E-state index contributed by atoms with van der Waals surface area (Å²) < 4.78 is 34.5. The standard InChI is InChI=1S/C22H24F2N2O5/c1-4-15(2)25(14-16-8-6-5-7-9-16)21(27)11-10-17-12-19(30-3)20(31-22(23)24)13-18(17)26(28)29/h5-13,15,22H,4,14H2,1-3H3/b11-10+. The molecule has 9 heteroatoms. The van der Waals surface area contributed by atoms with Gasteiger partial charge in [-0.25, -0.2) is 0 Å². The van der Waals surface area contributed by atoms with Crippen LogP contribution in [0, 0.1) is 10.1 Å². The molecule has 0 N–H and O–H groups in total. The first-order valence-corrected chi connectivity index (χ1v) is 9.60. The van der Waals surface area contributed by atoms with Crippen LogP contribution in [0.5, 0.6) is 11.5 Å². The molecule has 2 aromatic carbocycles. The van der Waals surface area contributed by atoms with Gasteiger partial charge < -0.3 is 14.4 Å². The van der Waals surface area contributed by atoms with E-state index in [0.29, 0.717) is 6.54 Å². The first-order valence-electron chi connectivity index (χ1n) is 9.60. The van der Waals surface area contributed by atoms with Gasteiger partial charge in [0.2, 0.25) is 5.91 Å². The second kappa shape index (κ2) is 11.1. The van der Waals surface area contributed by atoms with Crippen molar-refractivity contribution >= 4 is 17.7 Å². The lowest BCUT2D eigenvalue weighted by Gasteiger charge is -2.27. The fraction of sp³-hybridized carbons (Fsp3) is 0.318. The third-order valence-corrected chi connectivity index (χ3v) is 4.73. The van der Waals surface area contributed by atoms with Gasteiger partial charge in [0.05, 0.1) is 23.7 Å². The Morgan fingerprint density at radius 2 is 1.90 bits per heavy atom. The predicted octanol–water partition coefficient (Wildman–Crippen LogP) is 5.05. The zero-order valence-corrected chi connectivity index (χ0v) is 17.5. The molecule has 0 aliphatic heterocycles. The zero-order valence-electron chi connectivity index (χ0n) is 17.5. The highest BCUT2D eigenvalue weighted by atomic mass is 19.3. The summed E-state index contributed by atoms with van der Waals surface area (Å²) in [4.78, 5) is 25.2. The largest absolute Gasteiger partial charge is 0.493 e. The van der Waals surface area contributed by atoms with Crippen LogP contribution in [0.4, 0.5) is 14.5 Å². The minimum atomic E-state index is -3.17. The molecule has 1 atom stereocenters. The molecule has 31 heavy (non-hydrogen) atoms. The highest BCUT2D eigenvalue weighted by Crippen LogP contribution is 2.36. The van der Waals surface area contributed by atoms with Crippen molar-refractivity contribution in [2.45, 2.75) is 39.5 Å². The molecule has 0 saturated heterocycles. The second-order valence-electron chi connectivity index (χ2n) is 6.74. The summed E-state index contributed by atoms with van der Waals surface area (Å²) in [5, 5.41) is 11.4. The maximum absolute atomic E-state index is 12.9. The molecule has 0 heterocycles. The van der Waals surface area contributed by atoms with E-state index in [2.05, 4.69) is 4.74 Å². The Morgan fingerprint density at radius 1 is 1.23 bits per heavy atom. The first kappa shape index (κ1) is 23.8. The Balaban J connectivity index is 2.36. The molecule has 0 saturated carbocycles. The number of carbonyl (C=O) groups is 1. The van der Waals surface area contributed by atoms with Gasteiger partial charge in [0.25, 0.3) is 5.69 Å². The molecule has 0 aliphatic carbocycles. The van der Waals surface area contributed by atoms with Gasteiger partial charge >= 0.3 is 6.61 Å². The number of nitrogens with zero attached hydrogens (tertiary/aromatic N) is 2. The summed E-state index contributed by atoms with van der Waals surface area (Å²) in [6, 6.07) is 11.4. The van der Waals surface area contributed by atoms with Crippen molar-refractivity contribution in [3.8, 4) is 11.5 Å². The maximum Gasteiger partial charge on any atom is 0.387 e. The average molecular weight is 434 g/mol. The van der Waals surface area contributed by atoms with Crippen LogP contribution in [0.15, 0.2) is 48.5 Å². The zero-order chi connectivity index (χ0) is 23.0.